The van der Waals surface area contributed by atoms with Gasteiger partial charge in [-0.3, -0.25) is 9.59 Å². The summed E-state index contributed by atoms with van der Waals surface area (Å²) < 4.78 is 13.9. The van der Waals surface area contributed by atoms with Crippen LogP contribution in [0, 0.1) is 0 Å². The Labute approximate surface area is 142 Å². The van der Waals surface area contributed by atoms with Crippen LogP contribution in [0.5, 0.6) is 5.75 Å². The summed E-state index contributed by atoms with van der Waals surface area (Å²) in [5.41, 5.74) is 0.703. The van der Waals surface area contributed by atoms with Gasteiger partial charge in [0.1, 0.15) is 16.9 Å². The second kappa shape index (κ2) is 6.03. The third kappa shape index (κ3) is 2.34. The van der Waals surface area contributed by atoms with Crippen LogP contribution in [0.25, 0.3) is 21.0 Å². The van der Waals surface area contributed by atoms with Gasteiger partial charge in [0, 0.05) is 19.0 Å². The Kier molecular flexibility index (Phi) is 3.86. The van der Waals surface area contributed by atoms with E-state index in [9.17, 15) is 9.59 Å². The van der Waals surface area contributed by atoms with Crippen LogP contribution in [0.15, 0.2) is 29.1 Å². The number of para-hydroxylation sites is 1. The van der Waals surface area contributed by atoms with Crippen molar-refractivity contribution in [3.05, 3.63) is 39.5 Å². The summed E-state index contributed by atoms with van der Waals surface area (Å²) in [6, 6.07) is 7.70. The maximum Gasteiger partial charge on any atom is 0.263 e. The molecule has 5 nitrogen and oxygen atoms in total. The van der Waals surface area contributed by atoms with Gasteiger partial charge in [-0.25, -0.2) is 0 Å². The van der Waals surface area contributed by atoms with Crippen LogP contribution in [0.4, 0.5) is 0 Å². The van der Waals surface area contributed by atoms with Gasteiger partial charge in [0.05, 0.1) is 16.3 Å². The highest BCUT2D eigenvalue weighted by Gasteiger charge is 2.22. The summed E-state index contributed by atoms with van der Waals surface area (Å²) in [7, 11) is 1.74. The number of aryl methyl sites for hydroxylation is 1. The van der Waals surface area contributed by atoms with Crippen molar-refractivity contribution in [1.29, 1.82) is 0 Å². The van der Waals surface area contributed by atoms with Crippen LogP contribution in [0.3, 0.4) is 0 Å². The summed E-state index contributed by atoms with van der Waals surface area (Å²) >= 11 is 1.31. The van der Waals surface area contributed by atoms with Gasteiger partial charge >= 0.3 is 0 Å². The van der Waals surface area contributed by atoms with E-state index < -0.39 is 0 Å². The Morgan fingerprint density at radius 3 is 3.00 bits per heavy atom. The Balaban J connectivity index is 1.91. The molecule has 1 saturated heterocycles. The van der Waals surface area contributed by atoms with Gasteiger partial charge in [0.15, 0.2) is 12.0 Å². The van der Waals surface area contributed by atoms with Gasteiger partial charge in [-0.1, -0.05) is 18.2 Å². The van der Waals surface area contributed by atoms with Gasteiger partial charge in [-0.05, 0) is 18.9 Å². The first-order valence-corrected chi connectivity index (χ1v) is 8.76. The molecule has 0 aliphatic carbocycles. The lowest BCUT2D eigenvalue weighted by atomic mass is 10.1. The number of benzene rings is 1. The number of aldehydes is 1. The van der Waals surface area contributed by atoms with E-state index in [1.807, 2.05) is 24.3 Å². The average Bonchev–Trinajstić information content (AvgIpc) is 3.25. The van der Waals surface area contributed by atoms with Gasteiger partial charge in [-0.2, -0.15) is 0 Å². The van der Waals surface area contributed by atoms with Gasteiger partial charge in [0.25, 0.3) is 5.56 Å². The van der Waals surface area contributed by atoms with Crippen LogP contribution < -0.4 is 10.3 Å². The van der Waals surface area contributed by atoms with Crippen molar-refractivity contribution in [2.24, 2.45) is 7.05 Å². The minimum atomic E-state index is -0.143. The number of carbonyl (C=O) groups is 1. The molecule has 4 rings (SSSR count). The summed E-state index contributed by atoms with van der Waals surface area (Å²) in [5.74, 6) is 0.395. The Bertz CT molecular complexity index is 982. The lowest BCUT2D eigenvalue weighted by molar-refractivity contribution is 0.0682. The lowest BCUT2D eigenvalue weighted by Crippen LogP contribution is -2.19. The first-order chi connectivity index (χ1) is 11.7. The van der Waals surface area contributed by atoms with Crippen LogP contribution in [-0.4, -0.2) is 30.2 Å². The molecule has 1 aliphatic heterocycles. The predicted octanol–water partition coefficient (Wildman–Crippen LogP) is 3.12. The standard InChI is InChI=1S/C18H17NO4S/c1-19-13-7-3-2-6-12(13)17-15(18(19)21)16(14(9-20)24-17)23-10-11-5-4-8-22-11/h2-3,6-7,9,11H,4-5,8,10H2,1H3. The molecule has 124 valence electrons. The molecule has 1 aromatic carbocycles. The fraction of sp³-hybridized carbons (Fsp3) is 0.333. The molecule has 1 unspecified atom stereocenters. The molecule has 6 heteroatoms. The molecule has 1 fully saturated rings. The highest BCUT2D eigenvalue weighted by Crippen LogP contribution is 2.38. The summed E-state index contributed by atoms with van der Waals surface area (Å²) in [6.45, 7) is 1.11. The molecule has 3 aromatic rings. The number of pyridine rings is 1. The fourth-order valence-corrected chi connectivity index (χ4v) is 4.31. The molecule has 2 aromatic heterocycles. The van der Waals surface area contributed by atoms with Crippen molar-refractivity contribution < 1.29 is 14.3 Å². The summed E-state index contributed by atoms with van der Waals surface area (Å²) in [6.07, 6.45) is 2.76. The monoisotopic (exact) mass is 343 g/mol. The molecule has 0 amide bonds. The Morgan fingerprint density at radius 1 is 1.42 bits per heavy atom. The number of ether oxygens (including phenoxy) is 2. The minimum absolute atomic E-state index is 0.0313. The van der Waals surface area contributed by atoms with Gasteiger partial charge < -0.3 is 14.0 Å². The number of fused-ring (bicyclic) bond motifs is 3. The smallest absolute Gasteiger partial charge is 0.263 e. The Morgan fingerprint density at radius 2 is 2.25 bits per heavy atom. The second-order valence-corrected chi connectivity index (χ2v) is 7.00. The summed E-state index contributed by atoms with van der Waals surface area (Å²) in [4.78, 5) is 24.8. The van der Waals surface area contributed by atoms with Crippen LogP contribution in [0.1, 0.15) is 22.5 Å². The highest BCUT2D eigenvalue weighted by atomic mass is 32.1. The van der Waals surface area contributed by atoms with E-state index in [-0.39, 0.29) is 11.7 Å². The third-order valence-corrected chi connectivity index (χ3v) is 5.59. The first-order valence-electron chi connectivity index (χ1n) is 7.94. The maximum absolute atomic E-state index is 12.8. The topological polar surface area (TPSA) is 57.5 Å². The number of thiophene rings is 1. The molecule has 1 aliphatic rings. The zero-order valence-electron chi connectivity index (χ0n) is 13.3. The molecular formula is C18H17NO4S. The van der Waals surface area contributed by atoms with Gasteiger partial charge in [0.2, 0.25) is 0 Å². The van der Waals surface area contributed by atoms with Crippen molar-refractivity contribution in [3.63, 3.8) is 0 Å². The van der Waals surface area contributed by atoms with E-state index in [1.54, 1.807) is 11.6 Å². The molecule has 0 saturated carbocycles. The lowest BCUT2D eigenvalue weighted by Gasteiger charge is -2.12. The molecule has 1 atom stereocenters. The van der Waals surface area contributed by atoms with Crippen LogP contribution >= 0.6 is 11.3 Å². The van der Waals surface area contributed by atoms with Crippen LogP contribution in [-0.2, 0) is 11.8 Å². The SMILES string of the molecule is Cn1c(=O)c2c(OCC3CCCO3)c(C=O)sc2c2ccccc21. The van der Waals surface area contributed by atoms with E-state index in [1.165, 1.54) is 11.3 Å². The fourth-order valence-electron chi connectivity index (χ4n) is 3.23. The number of hydrogen-bond acceptors (Lipinski definition) is 5. The molecule has 0 N–H and O–H groups in total. The number of carbonyl (C=O) groups excluding carboxylic acids is 1. The van der Waals surface area contributed by atoms with Gasteiger partial charge in [-0.15, -0.1) is 11.3 Å². The largest absolute Gasteiger partial charge is 0.488 e. The van der Waals surface area contributed by atoms with Crippen LogP contribution in [0.2, 0.25) is 0 Å². The van der Waals surface area contributed by atoms with E-state index in [2.05, 4.69) is 0 Å². The predicted molar refractivity (Wildman–Crippen MR) is 94.4 cm³/mol. The second-order valence-electron chi connectivity index (χ2n) is 5.94. The summed E-state index contributed by atoms with van der Waals surface area (Å²) in [5, 5.41) is 1.44. The van der Waals surface area contributed by atoms with Crippen molar-refractivity contribution in [1.82, 2.24) is 4.57 Å². The van der Waals surface area contributed by atoms with Crippen molar-refractivity contribution in [3.8, 4) is 5.75 Å². The first kappa shape index (κ1) is 15.4. The zero-order chi connectivity index (χ0) is 16.7. The molecular weight excluding hydrogens is 326 g/mol. The minimum Gasteiger partial charge on any atom is -0.488 e. The molecule has 0 radical (unpaired) electrons. The number of rotatable bonds is 4. The molecule has 0 spiro atoms. The highest BCUT2D eigenvalue weighted by molar-refractivity contribution is 7.22. The maximum atomic E-state index is 12.8. The van der Waals surface area contributed by atoms with E-state index >= 15 is 0 Å². The quantitative estimate of drug-likeness (QED) is 0.683. The normalized spacial score (nSPS) is 17.6. The van der Waals surface area contributed by atoms with Crippen molar-refractivity contribution >= 4 is 38.6 Å². The van der Waals surface area contributed by atoms with Crippen molar-refractivity contribution in [2.75, 3.05) is 13.2 Å². The molecule has 24 heavy (non-hydrogen) atoms. The molecule has 0 bridgehead atoms. The average molecular weight is 343 g/mol. The Hall–Kier alpha value is -2.18. The number of hydrogen-bond donors (Lipinski definition) is 0. The van der Waals surface area contributed by atoms with E-state index in [0.717, 1.165) is 41.3 Å². The van der Waals surface area contributed by atoms with E-state index in [4.69, 9.17) is 9.47 Å². The molecule has 3 heterocycles. The third-order valence-electron chi connectivity index (χ3n) is 4.46. The van der Waals surface area contributed by atoms with Crippen molar-refractivity contribution in [2.45, 2.75) is 18.9 Å². The van der Waals surface area contributed by atoms with E-state index in [0.29, 0.717) is 22.6 Å². The zero-order valence-corrected chi connectivity index (χ0v) is 14.1. The number of aromatic nitrogens is 1. The number of nitrogens with zero attached hydrogens (tertiary/aromatic N) is 1.